The summed E-state index contributed by atoms with van der Waals surface area (Å²) >= 11 is 0. The van der Waals surface area contributed by atoms with Gasteiger partial charge in [0.1, 0.15) is 6.04 Å². The first-order valence-electron chi connectivity index (χ1n) is 4.42. The molecule has 0 aliphatic rings. The van der Waals surface area contributed by atoms with Gasteiger partial charge in [-0.3, -0.25) is 4.79 Å². The van der Waals surface area contributed by atoms with E-state index in [1.807, 2.05) is 0 Å². The lowest BCUT2D eigenvalue weighted by Crippen LogP contribution is -2.47. The molecule has 0 bridgehead atoms. The second-order valence-corrected chi connectivity index (χ2v) is 2.94. The molecule has 5 nitrogen and oxygen atoms in total. The number of rotatable bonds is 6. The quantitative estimate of drug-likeness (QED) is 0.521. The van der Waals surface area contributed by atoms with Crippen LogP contribution in [-0.2, 0) is 9.59 Å². The van der Waals surface area contributed by atoms with Crippen molar-refractivity contribution in [1.82, 2.24) is 5.32 Å². The number of carbonyl (C=O) groups excluding carboxylic acids is 1. The van der Waals surface area contributed by atoms with Crippen molar-refractivity contribution in [2.45, 2.75) is 31.8 Å². The van der Waals surface area contributed by atoms with Crippen molar-refractivity contribution in [3.63, 3.8) is 0 Å². The minimum absolute atomic E-state index is 0.192. The molecular formula is C9H16N2O3. The Labute approximate surface area is 83.0 Å². The zero-order chi connectivity index (χ0) is 11.1. The van der Waals surface area contributed by atoms with Crippen molar-refractivity contribution in [3.05, 3.63) is 12.7 Å². The van der Waals surface area contributed by atoms with E-state index < -0.39 is 24.0 Å². The average molecular weight is 200 g/mol. The Morgan fingerprint density at radius 2 is 2.21 bits per heavy atom. The van der Waals surface area contributed by atoms with E-state index in [4.69, 9.17) is 10.8 Å². The Hall–Kier alpha value is -1.36. The van der Waals surface area contributed by atoms with E-state index in [0.717, 1.165) is 0 Å². The number of nitrogens with two attached hydrogens (primary N) is 1. The lowest BCUT2D eigenvalue weighted by Gasteiger charge is -2.15. The molecule has 0 heterocycles. The van der Waals surface area contributed by atoms with Crippen LogP contribution < -0.4 is 11.1 Å². The third-order valence-corrected chi connectivity index (χ3v) is 1.79. The predicted octanol–water partition coefficient (Wildman–Crippen LogP) is -0.131. The average Bonchev–Trinajstić information content (AvgIpc) is 2.15. The van der Waals surface area contributed by atoms with E-state index in [9.17, 15) is 9.59 Å². The summed E-state index contributed by atoms with van der Waals surface area (Å²) in [6, 6.07) is -1.58. The Bertz CT molecular complexity index is 228. The molecule has 80 valence electrons. The summed E-state index contributed by atoms with van der Waals surface area (Å²) in [6.07, 6.45) is 2.11. The number of hydrogen-bond donors (Lipinski definition) is 3. The highest BCUT2D eigenvalue weighted by Crippen LogP contribution is 1.95. The number of carbonyl (C=O) groups is 2. The molecule has 0 aliphatic heterocycles. The molecule has 4 N–H and O–H groups in total. The smallest absolute Gasteiger partial charge is 0.326 e. The minimum atomic E-state index is -1.08. The standard InChI is InChI=1S/C9H16N2O3/c1-3-5-7(9(13)14)11-8(12)6(10)4-2/h3,6-7H,1,4-5,10H2,2H3,(H,11,12)(H,13,14)/t6-,7?/m0/s1. The van der Waals surface area contributed by atoms with Crippen LogP contribution in [0.3, 0.4) is 0 Å². The molecule has 0 aromatic carbocycles. The molecule has 0 saturated carbocycles. The van der Waals surface area contributed by atoms with E-state index in [2.05, 4.69) is 11.9 Å². The van der Waals surface area contributed by atoms with E-state index >= 15 is 0 Å². The molecule has 0 aromatic heterocycles. The number of aliphatic carboxylic acids is 1. The zero-order valence-electron chi connectivity index (χ0n) is 8.19. The summed E-state index contributed by atoms with van der Waals surface area (Å²) in [6.45, 7) is 5.17. The molecule has 0 fully saturated rings. The number of nitrogens with one attached hydrogen (secondary N) is 1. The van der Waals surface area contributed by atoms with Gasteiger partial charge in [0.05, 0.1) is 6.04 Å². The van der Waals surface area contributed by atoms with Crippen molar-refractivity contribution >= 4 is 11.9 Å². The summed E-state index contributed by atoms with van der Waals surface area (Å²) in [5.74, 6) is -1.52. The molecule has 1 unspecified atom stereocenters. The van der Waals surface area contributed by atoms with Gasteiger partial charge in [-0.25, -0.2) is 4.79 Å². The van der Waals surface area contributed by atoms with Gasteiger partial charge in [0.25, 0.3) is 0 Å². The zero-order valence-corrected chi connectivity index (χ0v) is 8.19. The SMILES string of the molecule is C=CCC(NC(=O)[C@@H](N)CC)C(=O)O. The molecule has 14 heavy (non-hydrogen) atoms. The maximum absolute atomic E-state index is 11.2. The molecule has 0 saturated heterocycles. The number of hydrogen-bond acceptors (Lipinski definition) is 3. The van der Waals surface area contributed by atoms with E-state index in [1.54, 1.807) is 6.92 Å². The summed E-state index contributed by atoms with van der Waals surface area (Å²) < 4.78 is 0. The van der Waals surface area contributed by atoms with Crippen molar-refractivity contribution < 1.29 is 14.7 Å². The summed E-state index contributed by atoms with van der Waals surface area (Å²) in [5, 5.41) is 11.0. The van der Waals surface area contributed by atoms with E-state index in [0.29, 0.717) is 6.42 Å². The largest absolute Gasteiger partial charge is 0.480 e. The molecule has 0 radical (unpaired) electrons. The second kappa shape index (κ2) is 6.15. The predicted molar refractivity (Wildman–Crippen MR) is 52.6 cm³/mol. The van der Waals surface area contributed by atoms with Crippen LogP contribution in [0.5, 0.6) is 0 Å². The van der Waals surface area contributed by atoms with Crippen LogP contribution >= 0.6 is 0 Å². The van der Waals surface area contributed by atoms with Crippen LogP contribution in [-0.4, -0.2) is 29.1 Å². The molecule has 1 amide bonds. The summed E-state index contributed by atoms with van der Waals surface area (Å²) in [5.41, 5.74) is 5.43. The highest BCUT2D eigenvalue weighted by molar-refractivity contribution is 5.86. The van der Waals surface area contributed by atoms with Gasteiger partial charge in [-0.2, -0.15) is 0 Å². The fraction of sp³-hybridized carbons (Fsp3) is 0.556. The Kier molecular flexibility index (Phi) is 5.55. The van der Waals surface area contributed by atoms with Gasteiger partial charge in [-0.15, -0.1) is 6.58 Å². The first-order chi connectivity index (χ1) is 6.52. The van der Waals surface area contributed by atoms with Gasteiger partial charge in [-0.1, -0.05) is 13.0 Å². The van der Waals surface area contributed by atoms with Gasteiger partial charge in [0, 0.05) is 0 Å². The van der Waals surface area contributed by atoms with Crippen LogP contribution in [0.15, 0.2) is 12.7 Å². The lowest BCUT2D eigenvalue weighted by molar-refractivity contribution is -0.141. The first kappa shape index (κ1) is 12.6. The van der Waals surface area contributed by atoms with Gasteiger partial charge >= 0.3 is 5.97 Å². The number of carboxylic acids is 1. The van der Waals surface area contributed by atoms with Crippen LogP contribution in [0.4, 0.5) is 0 Å². The molecule has 0 rings (SSSR count). The molecule has 0 aliphatic carbocycles. The van der Waals surface area contributed by atoms with Gasteiger partial charge in [0.2, 0.25) is 5.91 Å². The van der Waals surface area contributed by atoms with Crippen LogP contribution in [0.1, 0.15) is 19.8 Å². The van der Waals surface area contributed by atoms with Crippen molar-refractivity contribution in [2.75, 3.05) is 0 Å². The molecule has 2 atom stereocenters. The Morgan fingerprint density at radius 3 is 2.57 bits per heavy atom. The van der Waals surface area contributed by atoms with Crippen LogP contribution in [0.25, 0.3) is 0 Å². The third kappa shape index (κ3) is 4.04. The van der Waals surface area contributed by atoms with E-state index in [-0.39, 0.29) is 6.42 Å². The van der Waals surface area contributed by atoms with Crippen LogP contribution in [0, 0.1) is 0 Å². The van der Waals surface area contributed by atoms with Gasteiger partial charge < -0.3 is 16.2 Å². The van der Waals surface area contributed by atoms with Crippen molar-refractivity contribution in [2.24, 2.45) is 5.73 Å². The maximum Gasteiger partial charge on any atom is 0.326 e. The Morgan fingerprint density at radius 1 is 1.64 bits per heavy atom. The highest BCUT2D eigenvalue weighted by atomic mass is 16.4. The Balaban J connectivity index is 4.22. The fourth-order valence-corrected chi connectivity index (χ4v) is 0.852. The third-order valence-electron chi connectivity index (χ3n) is 1.79. The van der Waals surface area contributed by atoms with E-state index in [1.165, 1.54) is 6.08 Å². The summed E-state index contributed by atoms with van der Waals surface area (Å²) in [4.78, 5) is 21.9. The molecule has 0 spiro atoms. The first-order valence-corrected chi connectivity index (χ1v) is 4.42. The molecule has 5 heteroatoms. The number of amides is 1. The highest BCUT2D eigenvalue weighted by Gasteiger charge is 2.20. The van der Waals surface area contributed by atoms with Crippen molar-refractivity contribution in [3.8, 4) is 0 Å². The van der Waals surface area contributed by atoms with Gasteiger partial charge in [-0.05, 0) is 12.8 Å². The van der Waals surface area contributed by atoms with Crippen LogP contribution in [0.2, 0.25) is 0 Å². The fourth-order valence-electron chi connectivity index (χ4n) is 0.852. The maximum atomic E-state index is 11.2. The second-order valence-electron chi connectivity index (χ2n) is 2.94. The monoisotopic (exact) mass is 200 g/mol. The lowest BCUT2D eigenvalue weighted by atomic mass is 10.1. The molecular weight excluding hydrogens is 184 g/mol. The van der Waals surface area contributed by atoms with Gasteiger partial charge in [0.15, 0.2) is 0 Å². The number of carboxylic acid groups (broad SMARTS) is 1. The molecule has 0 aromatic rings. The minimum Gasteiger partial charge on any atom is -0.480 e. The topological polar surface area (TPSA) is 92.4 Å². The van der Waals surface area contributed by atoms with Crippen molar-refractivity contribution in [1.29, 1.82) is 0 Å². The normalized spacial score (nSPS) is 14.1. The summed E-state index contributed by atoms with van der Waals surface area (Å²) in [7, 11) is 0.